The molecular weight excluding hydrogens is 431 g/mol. The zero-order valence-corrected chi connectivity index (χ0v) is 19.3. The minimum atomic E-state index is -4.32. The summed E-state index contributed by atoms with van der Waals surface area (Å²) in [5.41, 5.74) is 0.0686. The van der Waals surface area contributed by atoms with E-state index in [1.165, 1.54) is 31.4 Å². The van der Waals surface area contributed by atoms with Crippen LogP contribution in [0.3, 0.4) is 0 Å². The molecule has 1 saturated carbocycles. The Morgan fingerprint density at radius 3 is 2.61 bits per heavy atom. The summed E-state index contributed by atoms with van der Waals surface area (Å²) in [7, 11) is 0. The molecule has 1 atom stereocenters. The van der Waals surface area contributed by atoms with E-state index in [-0.39, 0.29) is 17.5 Å². The van der Waals surface area contributed by atoms with E-state index in [0.717, 1.165) is 64.6 Å². The number of hydrogen-bond acceptors (Lipinski definition) is 4. The summed E-state index contributed by atoms with van der Waals surface area (Å²) in [4.78, 5) is 17.5. The van der Waals surface area contributed by atoms with Crippen molar-refractivity contribution in [2.75, 3.05) is 39.4 Å². The molecular formula is C25H36F3N3O2. The number of benzene rings is 1. The van der Waals surface area contributed by atoms with Crippen LogP contribution in [0.25, 0.3) is 0 Å². The molecule has 0 unspecified atom stereocenters. The van der Waals surface area contributed by atoms with E-state index < -0.39 is 11.7 Å². The number of ether oxygens (including phenoxy) is 1. The molecule has 0 radical (unpaired) electrons. The number of amides is 1. The van der Waals surface area contributed by atoms with Crippen LogP contribution in [-0.4, -0.2) is 66.7 Å². The third kappa shape index (κ3) is 6.08. The van der Waals surface area contributed by atoms with E-state index in [4.69, 9.17) is 4.74 Å². The van der Waals surface area contributed by atoms with Crippen LogP contribution in [0, 0.1) is 0 Å². The van der Waals surface area contributed by atoms with Gasteiger partial charge in [-0.3, -0.25) is 9.69 Å². The van der Waals surface area contributed by atoms with Crippen molar-refractivity contribution in [3.05, 3.63) is 35.4 Å². The van der Waals surface area contributed by atoms with Crippen LogP contribution in [-0.2, 0) is 22.3 Å². The molecule has 184 valence electrons. The molecule has 4 rings (SSSR count). The van der Waals surface area contributed by atoms with Crippen molar-refractivity contribution in [1.82, 2.24) is 15.1 Å². The van der Waals surface area contributed by atoms with Crippen LogP contribution in [0.15, 0.2) is 24.3 Å². The molecule has 1 N–H and O–H groups in total. The molecule has 1 aromatic rings. The number of morpholine rings is 1. The quantitative estimate of drug-likeness (QED) is 0.582. The Balaban J connectivity index is 1.33. The zero-order chi connectivity index (χ0) is 23.3. The van der Waals surface area contributed by atoms with Crippen LogP contribution in [0.2, 0.25) is 0 Å². The summed E-state index contributed by atoms with van der Waals surface area (Å²) in [6.45, 7) is 5.26. The fraction of sp³-hybridized carbons (Fsp3) is 0.720. The second kappa shape index (κ2) is 10.7. The Morgan fingerprint density at radius 2 is 1.88 bits per heavy atom. The van der Waals surface area contributed by atoms with Crippen molar-refractivity contribution in [1.29, 1.82) is 0 Å². The van der Waals surface area contributed by atoms with Gasteiger partial charge in [-0.05, 0) is 43.9 Å². The van der Waals surface area contributed by atoms with Crippen LogP contribution in [0.5, 0.6) is 0 Å². The van der Waals surface area contributed by atoms with Crippen LogP contribution in [0.1, 0.15) is 62.5 Å². The molecule has 33 heavy (non-hydrogen) atoms. The first-order valence-electron chi connectivity index (χ1n) is 12.4. The van der Waals surface area contributed by atoms with Crippen molar-refractivity contribution >= 4 is 5.91 Å². The minimum absolute atomic E-state index is 0.0613. The molecule has 2 aliphatic heterocycles. The van der Waals surface area contributed by atoms with Gasteiger partial charge in [0, 0.05) is 44.2 Å². The highest BCUT2D eigenvalue weighted by Crippen LogP contribution is 2.37. The molecule has 1 aliphatic carbocycles. The first-order chi connectivity index (χ1) is 15.9. The van der Waals surface area contributed by atoms with Gasteiger partial charge in [0.25, 0.3) is 0 Å². The molecule has 5 nitrogen and oxygen atoms in total. The fourth-order valence-corrected chi connectivity index (χ4v) is 5.81. The Morgan fingerprint density at radius 1 is 1.12 bits per heavy atom. The van der Waals surface area contributed by atoms with Gasteiger partial charge in [0.15, 0.2) is 0 Å². The van der Waals surface area contributed by atoms with E-state index >= 15 is 0 Å². The molecule has 3 fully saturated rings. The number of alkyl halides is 3. The van der Waals surface area contributed by atoms with Gasteiger partial charge in [0.1, 0.15) is 0 Å². The molecule has 1 aromatic carbocycles. The maximum Gasteiger partial charge on any atom is 0.416 e. The number of nitrogens with one attached hydrogen (secondary N) is 1. The standard InChI is InChI=1S/C25H36F3N3O2/c26-25(27,28)21-6-4-5-20(17-21)18-29-12-9-22-7-8-23(32)31(22)19-24(10-2-1-3-11-24)30-13-15-33-16-14-30/h4-6,17,22,29H,1-3,7-16,18-19H2/t22-/m0/s1. The van der Waals surface area contributed by atoms with Gasteiger partial charge in [-0.2, -0.15) is 13.2 Å². The molecule has 0 spiro atoms. The average molecular weight is 468 g/mol. The molecule has 2 heterocycles. The van der Waals surface area contributed by atoms with Crippen molar-refractivity contribution in [2.45, 2.75) is 75.7 Å². The van der Waals surface area contributed by atoms with Gasteiger partial charge < -0.3 is 15.0 Å². The molecule has 0 bridgehead atoms. The lowest BCUT2D eigenvalue weighted by molar-refractivity contribution is -0.137. The average Bonchev–Trinajstić information content (AvgIpc) is 3.16. The Labute approximate surface area is 194 Å². The van der Waals surface area contributed by atoms with Gasteiger partial charge in [-0.25, -0.2) is 0 Å². The lowest BCUT2D eigenvalue weighted by Gasteiger charge is -2.50. The zero-order valence-electron chi connectivity index (χ0n) is 19.3. The number of carbonyl (C=O) groups is 1. The topological polar surface area (TPSA) is 44.8 Å². The van der Waals surface area contributed by atoms with Crippen LogP contribution < -0.4 is 5.32 Å². The number of carbonyl (C=O) groups excluding carboxylic acids is 1. The summed E-state index contributed by atoms with van der Waals surface area (Å²) in [5.74, 6) is 0.246. The van der Waals surface area contributed by atoms with Crippen LogP contribution >= 0.6 is 0 Å². The van der Waals surface area contributed by atoms with E-state index in [9.17, 15) is 18.0 Å². The monoisotopic (exact) mass is 467 g/mol. The second-order valence-electron chi connectivity index (χ2n) is 9.76. The number of nitrogens with zero attached hydrogens (tertiary/aromatic N) is 2. The number of hydrogen-bond donors (Lipinski definition) is 1. The highest BCUT2D eigenvalue weighted by Gasteiger charge is 2.43. The molecule has 2 saturated heterocycles. The first-order valence-corrected chi connectivity index (χ1v) is 12.4. The number of halogens is 3. The highest BCUT2D eigenvalue weighted by molar-refractivity contribution is 5.78. The maximum absolute atomic E-state index is 12.9. The largest absolute Gasteiger partial charge is 0.416 e. The van der Waals surface area contributed by atoms with Crippen molar-refractivity contribution < 1.29 is 22.7 Å². The number of rotatable bonds is 8. The normalized spacial score (nSPS) is 24.4. The van der Waals surface area contributed by atoms with Crippen molar-refractivity contribution in [2.24, 2.45) is 0 Å². The molecule has 3 aliphatic rings. The summed E-state index contributed by atoms with van der Waals surface area (Å²) in [6, 6.07) is 5.66. The summed E-state index contributed by atoms with van der Waals surface area (Å²) < 4.78 is 44.4. The van der Waals surface area contributed by atoms with Gasteiger partial charge in [0.2, 0.25) is 5.91 Å². The second-order valence-corrected chi connectivity index (χ2v) is 9.76. The smallest absolute Gasteiger partial charge is 0.379 e. The van der Waals surface area contributed by atoms with E-state index in [0.29, 0.717) is 25.1 Å². The Bertz CT molecular complexity index is 789. The van der Waals surface area contributed by atoms with Gasteiger partial charge in [0.05, 0.1) is 18.8 Å². The highest BCUT2D eigenvalue weighted by atomic mass is 19.4. The Hall–Kier alpha value is -1.64. The Kier molecular flexibility index (Phi) is 7.97. The summed E-state index contributed by atoms with van der Waals surface area (Å²) >= 11 is 0. The first kappa shape index (κ1) is 24.5. The third-order valence-corrected chi connectivity index (χ3v) is 7.62. The minimum Gasteiger partial charge on any atom is -0.379 e. The van der Waals surface area contributed by atoms with Crippen LogP contribution in [0.4, 0.5) is 13.2 Å². The third-order valence-electron chi connectivity index (χ3n) is 7.62. The maximum atomic E-state index is 12.9. The summed E-state index contributed by atoms with van der Waals surface area (Å²) in [5, 5.41) is 3.29. The van der Waals surface area contributed by atoms with Gasteiger partial charge in [-0.15, -0.1) is 0 Å². The van der Waals surface area contributed by atoms with E-state index in [1.807, 2.05) is 0 Å². The number of likely N-dealkylation sites (tertiary alicyclic amines) is 1. The van der Waals surface area contributed by atoms with Gasteiger partial charge >= 0.3 is 6.18 Å². The van der Waals surface area contributed by atoms with Gasteiger partial charge in [-0.1, -0.05) is 37.5 Å². The van der Waals surface area contributed by atoms with Crippen molar-refractivity contribution in [3.63, 3.8) is 0 Å². The molecule has 0 aromatic heterocycles. The molecule has 1 amide bonds. The predicted octanol–water partition coefficient (Wildman–Crippen LogP) is 4.21. The molecule has 8 heteroatoms. The SMILES string of the molecule is O=C1CC[C@@H](CCNCc2cccc(C(F)(F)F)c2)N1CC1(N2CCOCC2)CCCCC1. The summed E-state index contributed by atoms with van der Waals surface area (Å²) in [6.07, 6.45) is 3.92. The van der Waals surface area contributed by atoms with E-state index in [2.05, 4.69) is 15.1 Å². The fourth-order valence-electron chi connectivity index (χ4n) is 5.81. The van der Waals surface area contributed by atoms with Crippen molar-refractivity contribution in [3.8, 4) is 0 Å². The lowest BCUT2D eigenvalue weighted by atomic mass is 9.79. The predicted molar refractivity (Wildman–Crippen MR) is 121 cm³/mol. The van der Waals surface area contributed by atoms with E-state index in [1.54, 1.807) is 6.07 Å². The lowest BCUT2D eigenvalue weighted by Crippen LogP contribution is -2.60.